The van der Waals surface area contributed by atoms with E-state index in [4.69, 9.17) is 4.18 Å². The fraction of sp³-hybridized carbons (Fsp3) is 1.00. The maximum absolute atomic E-state index is 11.3. The van der Waals surface area contributed by atoms with Crippen molar-refractivity contribution in [2.45, 2.75) is 91.1 Å². The van der Waals surface area contributed by atoms with Crippen LogP contribution in [0.15, 0.2) is 0 Å². The first-order valence-electron chi connectivity index (χ1n) is 8.05. The average molecular weight is 308 g/mol. The molecule has 0 atom stereocenters. The molecule has 0 aromatic carbocycles. The van der Waals surface area contributed by atoms with E-state index in [1.54, 1.807) is 13.8 Å². The van der Waals surface area contributed by atoms with Crippen molar-refractivity contribution < 1.29 is 16.8 Å². The Hall–Kier alpha value is -0.130. The highest BCUT2D eigenvalue weighted by Gasteiger charge is 2.13. The van der Waals surface area contributed by atoms with E-state index < -0.39 is 10.4 Å². The summed E-state index contributed by atoms with van der Waals surface area (Å²) in [6, 6.07) is 0. The number of hydrogen-bond donors (Lipinski definition) is 0. The van der Waals surface area contributed by atoms with E-state index in [2.05, 4.69) is 11.1 Å². The molecule has 0 aliphatic rings. The Balaban J connectivity index is 3.28. The van der Waals surface area contributed by atoms with Gasteiger partial charge < -0.3 is 0 Å². The highest BCUT2D eigenvalue weighted by molar-refractivity contribution is 7.81. The first-order valence-corrected chi connectivity index (χ1v) is 9.39. The van der Waals surface area contributed by atoms with Crippen LogP contribution in [-0.4, -0.2) is 21.1 Å². The molecule has 0 aliphatic carbocycles. The molecule has 0 amide bonds. The highest BCUT2D eigenvalue weighted by Crippen LogP contribution is 2.11. The molecular formula is C15H32O4S. The van der Waals surface area contributed by atoms with Crippen molar-refractivity contribution in [3.8, 4) is 0 Å². The molecule has 0 heterocycles. The summed E-state index contributed by atoms with van der Waals surface area (Å²) in [4.78, 5) is 0. The SMILES string of the molecule is CCCCCCCCCCCCOS(=O)(=O)OC(C)C. The first-order chi connectivity index (χ1) is 9.48. The lowest BCUT2D eigenvalue weighted by Crippen LogP contribution is -2.15. The van der Waals surface area contributed by atoms with Gasteiger partial charge >= 0.3 is 10.4 Å². The Kier molecular flexibility index (Phi) is 12.5. The molecule has 0 aliphatic heterocycles. The molecule has 0 rings (SSSR count). The lowest BCUT2D eigenvalue weighted by atomic mass is 10.1. The fourth-order valence-corrected chi connectivity index (χ4v) is 2.86. The van der Waals surface area contributed by atoms with E-state index >= 15 is 0 Å². The molecule has 0 saturated carbocycles. The summed E-state index contributed by atoms with van der Waals surface area (Å²) in [5.41, 5.74) is 0. The average Bonchev–Trinajstić information content (AvgIpc) is 2.34. The summed E-state index contributed by atoms with van der Waals surface area (Å²) in [6.45, 7) is 5.79. The number of unbranched alkanes of at least 4 members (excludes halogenated alkanes) is 9. The molecule has 0 unspecified atom stereocenters. The zero-order valence-electron chi connectivity index (χ0n) is 13.4. The van der Waals surface area contributed by atoms with E-state index in [-0.39, 0.29) is 12.7 Å². The van der Waals surface area contributed by atoms with Gasteiger partial charge in [0.15, 0.2) is 0 Å². The largest absolute Gasteiger partial charge is 0.400 e. The van der Waals surface area contributed by atoms with E-state index in [9.17, 15) is 8.42 Å². The van der Waals surface area contributed by atoms with Gasteiger partial charge in [-0.05, 0) is 20.3 Å². The summed E-state index contributed by atoms with van der Waals surface area (Å²) in [5.74, 6) is 0. The van der Waals surface area contributed by atoms with Crippen LogP contribution in [-0.2, 0) is 18.8 Å². The van der Waals surface area contributed by atoms with E-state index in [1.165, 1.54) is 44.9 Å². The highest BCUT2D eigenvalue weighted by atomic mass is 32.3. The molecule has 0 aromatic heterocycles. The van der Waals surface area contributed by atoms with Crippen molar-refractivity contribution in [3.05, 3.63) is 0 Å². The van der Waals surface area contributed by atoms with E-state index in [1.807, 2.05) is 0 Å². The smallest absolute Gasteiger partial charge is 0.248 e. The number of rotatable bonds is 14. The van der Waals surface area contributed by atoms with Gasteiger partial charge in [-0.15, -0.1) is 0 Å². The zero-order chi connectivity index (χ0) is 15.3. The molecule has 0 fully saturated rings. The predicted octanol–water partition coefficient (Wildman–Crippen LogP) is 4.59. The van der Waals surface area contributed by atoms with Crippen LogP contribution < -0.4 is 0 Å². The second kappa shape index (κ2) is 12.6. The molecule has 20 heavy (non-hydrogen) atoms. The van der Waals surface area contributed by atoms with Crippen molar-refractivity contribution in [1.82, 2.24) is 0 Å². The van der Waals surface area contributed by atoms with Crippen LogP contribution in [0.4, 0.5) is 0 Å². The van der Waals surface area contributed by atoms with Crippen LogP contribution in [0.3, 0.4) is 0 Å². The van der Waals surface area contributed by atoms with Gasteiger partial charge in [0.25, 0.3) is 0 Å². The summed E-state index contributed by atoms with van der Waals surface area (Å²) in [5, 5.41) is 0. The van der Waals surface area contributed by atoms with Crippen molar-refractivity contribution in [3.63, 3.8) is 0 Å². The lowest BCUT2D eigenvalue weighted by molar-refractivity contribution is 0.176. The maximum Gasteiger partial charge on any atom is 0.400 e. The third-order valence-electron chi connectivity index (χ3n) is 3.04. The van der Waals surface area contributed by atoms with Crippen LogP contribution in [0.1, 0.15) is 85.0 Å². The Morgan fingerprint density at radius 3 is 1.70 bits per heavy atom. The van der Waals surface area contributed by atoms with Gasteiger partial charge in [0.2, 0.25) is 0 Å². The second-order valence-corrected chi connectivity index (χ2v) is 6.80. The Labute approximate surface area is 125 Å². The second-order valence-electron chi connectivity index (χ2n) is 5.56. The van der Waals surface area contributed by atoms with E-state index in [0.717, 1.165) is 19.3 Å². The van der Waals surface area contributed by atoms with Crippen LogP contribution >= 0.6 is 0 Å². The van der Waals surface area contributed by atoms with Gasteiger partial charge in [-0.1, -0.05) is 64.7 Å². The monoisotopic (exact) mass is 308 g/mol. The molecular weight excluding hydrogens is 276 g/mol. The molecule has 0 N–H and O–H groups in total. The summed E-state index contributed by atoms with van der Waals surface area (Å²) < 4.78 is 32.0. The third-order valence-corrected chi connectivity index (χ3v) is 4.11. The molecule has 122 valence electrons. The minimum atomic E-state index is -3.79. The van der Waals surface area contributed by atoms with Gasteiger partial charge in [0, 0.05) is 0 Å². The summed E-state index contributed by atoms with van der Waals surface area (Å²) in [7, 11) is -3.79. The van der Waals surface area contributed by atoms with Gasteiger partial charge in [-0.3, -0.25) is 0 Å². The zero-order valence-corrected chi connectivity index (χ0v) is 14.2. The summed E-state index contributed by atoms with van der Waals surface area (Å²) >= 11 is 0. The number of hydrogen-bond acceptors (Lipinski definition) is 4. The van der Waals surface area contributed by atoms with Gasteiger partial charge in [0.1, 0.15) is 0 Å². The minimum absolute atomic E-state index is 0.228. The van der Waals surface area contributed by atoms with Crippen LogP contribution in [0.25, 0.3) is 0 Å². The Bertz CT molecular complexity index is 299. The fourth-order valence-electron chi connectivity index (χ4n) is 2.01. The molecule has 0 spiro atoms. The van der Waals surface area contributed by atoms with Gasteiger partial charge in [0.05, 0.1) is 12.7 Å². The lowest BCUT2D eigenvalue weighted by Gasteiger charge is -2.08. The molecule has 0 radical (unpaired) electrons. The molecule has 0 aromatic rings. The standard InChI is InChI=1S/C15H32O4S/c1-4-5-6-7-8-9-10-11-12-13-14-18-20(16,17)19-15(2)3/h15H,4-14H2,1-3H3. The third kappa shape index (κ3) is 14.3. The Morgan fingerprint density at radius 1 is 0.800 bits per heavy atom. The molecule has 4 nitrogen and oxygen atoms in total. The minimum Gasteiger partial charge on any atom is -0.248 e. The van der Waals surface area contributed by atoms with Crippen molar-refractivity contribution in [1.29, 1.82) is 0 Å². The van der Waals surface area contributed by atoms with Crippen LogP contribution in [0.5, 0.6) is 0 Å². The first kappa shape index (κ1) is 19.9. The Morgan fingerprint density at radius 2 is 1.25 bits per heavy atom. The van der Waals surface area contributed by atoms with Crippen molar-refractivity contribution >= 4 is 10.4 Å². The quantitative estimate of drug-likeness (QED) is 0.440. The van der Waals surface area contributed by atoms with Crippen LogP contribution in [0, 0.1) is 0 Å². The predicted molar refractivity (Wildman–Crippen MR) is 82.9 cm³/mol. The normalized spacial score (nSPS) is 12.2. The van der Waals surface area contributed by atoms with Gasteiger partial charge in [-0.25, -0.2) is 8.37 Å². The molecule has 0 bridgehead atoms. The van der Waals surface area contributed by atoms with E-state index in [0.29, 0.717) is 0 Å². The van der Waals surface area contributed by atoms with Crippen molar-refractivity contribution in [2.75, 3.05) is 6.61 Å². The molecule has 5 heteroatoms. The topological polar surface area (TPSA) is 52.6 Å². The molecule has 0 saturated heterocycles. The van der Waals surface area contributed by atoms with Gasteiger partial charge in [-0.2, -0.15) is 8.42 Å². The van der Waals surface area contributed by atoms with Crippen molar-refractivity contribution in [2.24, 2.45) is 0 Å². The summed E-state index contributed by atoms with van der Waals surface area (Å²) in [6.07, 6.45) is 11.8. The van der Waals surface area contributed by atoms with Crippen LogP contribution in [0.2, 0.25) is 0 Å². The maximum atomic E-state index is 11.3.